The molecule has 0 saturated heterocycles. The molecule has 2 N–H and O–H groups in total. The molecule has 0 spiro atoms. The van der Waals surface area contributed by atoms with Gasteiger partial charge < -0.3 is 15.0 Å². The van der Waals surface area contributed by atoms with Crippen LogP contribution in [0, 0.1) is 0 Å². The van der Waals surface area contributed by atoms with Crippen LogP contribution in [-0.4, -0.2) is 26.9 Å². The van der Waals surface area contributed by atoms with Gasteiger partial charge in [0.1, 0.15) is 5.69 Å². The fraction of sp³-hybridized carbons (Fsp3) is 0.133. The third-order valence-corrected chi connectivity index (χ3v) is 3.46. The molecule has 0 radical (unpaired) electrons. The van der Waals surface area contributed by atoms with Crippen LogP contribution in [0.5, 0.6) is 0 Å². The topological polar surface area (TPSA) is 90.5 Å². The van der Waals surface area contributed by atoms with Crippen molar-refractivity contribution in [2.75, 3.05) is 0 Å². The average molecular weight is 284 g/mol. The number of pyridine rings is 1. The SMILES string of the molecule is O=C(O)c1ccc2c(c1)CN(C(=O)c1cccc(=O)[nH]1)C2. The Morgan fingerprint density at radius 3 is 2.57 bits per heavy atom. The number of benzene rings is 1. The predicted molar refractivity (Wildman–Crippen MR) is 74.0 cm³/mol. The van der Waals surface area contributed by atoms with Gasteiger partial charge in [0.05, 0.1) is 5.56 Å². The smallest absolute Gasteiger partial charge is 0.335 e. The van der Waals surface area contributed by atoms with E-state index in [-0.39, 0.29) is 22.7 Å². The molecule has 1 aromatic carbocycles. The summed E-state index contributed by atoms with van der Waals surface area (Å²) in [5, 5.41) is 8.98. The Hall–Kier alpha value is -2.89. The van der Waals surface area contributed by atoms with Crippen LogP contribution in [0.15, 0.2) is 41.2 Å². The first-order chi connectivity index (χ1) is 10.0. The minimum atomic E-state index is -0.991. The largest absolute Gasteiger partial charge is 0.478 e. The number of carbonyl (C=O) groups is 2. The molecule has 0 unspecified atom stereocenters. The number of amides is 1. The molecule has 1 aliphatic heterocycles. The van der Waals surface area contributed by atoms with E-state index in [1.54, 1.807) is 23.1 Å². The highest BCUT2D eigenvalue weighted by Crippen LogP contribution is 2.25. The van der Waals surface area contributed by atoms with E-state index in [4.69, 9.17) is 5.11 Å². The second-order valence-electron chi connectivity index (χ2n) is 4.88. The van der Waals surface area contributed by atoms with E-state index >= 15 is 0 Å². The Kier molecular flexibility index (Phi) is 3.06. The monoisotopic (exact) mass is 284 g/mol. The lowest BCUT2D eigenvalue weighted by Gasteiger charge is -2.14. The van der Waals surface area contributed by atoms with Crippen LogP contribution >= 0.6 is 0 Å². The number of aromatic carboxylic acids is 1. The van der Waals surface area contributed by atoms with Gasteiger partial charge >= 0.3 is 5.97 Å². The molecule has 0 atom stereocenters. The fourth-order valence-corrected chi connectivity index (χ4v) is 2.41. The lowest BCUT2D eigenvalue weighted by molar-refractivity contribution is 0.0696. The van der Waals surface area contributed by atoms with E-state index in [1.807, 2.05) is 0 Å². The second kappa shape index (κ2) is 4.90. The van der Waals surface area contributed by atoms with Crippen molar-refractivity contribution in [1.29, 1.82) is 0 Å². The van der Waals surface area contributed by atoms with Crippen molar-refractivity contribution in [3.63, 3.8) is 0 Å². The Morgan fingerprint density at radius 2 is 1.86 bits per heavy atom. The standard InChI is InChI=1S/C15H12N2O4/c18-13-3-1-2-12(16-13)14(19)17-7-10-5-4-9(15(20)21)6-11(10)8-17/h1-6H,7-8H2,(H,16,18)(H,20,21). The van der Waals surface area contributed by atoms with Crippen LogP contribution in [0.1, 0.15) is 32.0 Å². The number of nitrogens with zero attached hydrogens (tertiary/aromatic N) is 1. The van der Waals surface area contributed by atoms with Gasteiger partial charge in [-0.15, -0.1) is 0 Å². The Labute approximate surface area is 119 Å². The van der Waals surface area contributed by atoms with Crippen molar-refractivity contribution in [3.8, 4) is 0 Å². The first-order valence-electron chi connectivity index (χ1n) is 6.38. The molecule has 1 amide bonds. The summed E-state index contributed by atoms with van der Waals surface area (Å²) in [6.07, 6.45) is 0. The number of carbonyl (C=O) groups excluding carboxylic acids is 1. The molecule has 2 aromatic rings. The van der Waals surface area contributed by atoms with Crippen molar-refractivity contribution in [2.45, 2.75) is 13.1 Å². The van der Waals surface area contributed by atoms with E-state index < -0.39 is 5.97 Å². The highest BCUT2D eigenvalue weighted by atomic mass is 16.4. The number of hydrogen-bond donors (Lipinski definition) is 2. The van der Waals surface area contributed by atoms with Crippen molar-refractivity contribution in [3.05, 3.63) is 69.1 Å². The summed E-state index contributed by atoms with van der Waals surface area (Å²) in [6.45, 7) is 0.747. The number of H-pyrrole nitrogens is 1. The third kappa shape index (κ3) is 2.43. The number of aromatic amines is 1. The highest BCUT2D eigenvalue weighted by Gasteiger charge is 2.25. The van der Waals surface area contributed by atoms with E-state index in [1.165, 1.54) is 18.2 Å². The lowest BCUT2D eigenvalue weighted by Crippen LogP contribution is -2.27. The molecule has 21 heavy (non-hydrogen) atoms. The summed E-state index contributed by atoms with van der Waals surface area (Å²) >= 11 is 0. The molecule has 6 heteroatoms. The zero-order valence-corrected chi connectivity index (χ0v) is 11.0. The zero-order chi connectivity index (χ0) is 15.0. The van der Waals surface area contributed by atoms with E-state index in [0.717, 1.165) is 11.1 Å². The van der Waals surface area contributed by atoms with Crippen LogP contribution in [-0.2, 0) is 13.1 Å². The quantitative estimate of drug-likeness (QED) is 0.867. The predicted octanol–water partition coefficient (Wildman–Crippen LogP) is 1.23. The minimum absolute atomic E-state index is 0.205. The van der Waals surface area contributed by atoms with E-state index in [2.05, 4.69) is 4.98 Å². The van der Waals surface area contributed by atoms with E-state index in [9.17, 15) is 14.4 Å². The van der Waals surface area contributed by atoms with Gasteiger partial charge in [-0.05, 0) is 29.3 Å². The number of aromatic nitrogens is 1. The Bertz CT molecular complexity index is 794. The summed E-state index contributed by atoms with van der Waals surface area (Å²) in [4.78, 5) is 38.6. The minimum Gasteiger partial charge on any atom is -0.478 e. The number of fused-ring (bicyclic) bond motifs is 1. The van der Waals surface area contributed by atoms with Gasteiger partial charge in [-0.1, -0.05) is 12.1 Å². The lowest BCUT2D eigenvalue weighted by atomic mass is 10.1. The number of nitrogens with one attached hydrogen (secondary N) is 1. The van der Waals surface area contributed by atoms with Crippen molar-refractivity contribution in [2.24, 2.45) is 0 Å². The average Bonchev–Trinajstić information content (AvgIpc) is 2.89. The maximum Gasteiger partial charge on any atom is 0.335 e. The molecule has 2 heterocycles. The van der Waals surface area contributed by atoms with E-state index in [0.29, 0.717) is 13.1 Å². The normalized spacial score (nSPS) is 13.0. The summed E-state index contributed by atoms with van der Waals surface area (Å²) < 4.78 is 0. The molecule has 0 aliphatic carbocycles. The van der Waals surface area contributed by atoms with Gasteiger partial charge in [-0.2, -0.15) is 0 Å². The number of carboxylic acid groups (broad SMARTS) is 1. The molecule has 1 aromatic heterocycles. The van der Waals surface area contributed by atoms with Gasteiger partial charge in [0.15, 0.2) is 0 Å². The fourth-order valence-electron chi connectivity index (χ4n) is 2.41. The van der Waals surface area contributed by atoms with Crippen molar-refractivity contribution in [1.82, 2.24) is 9.88 Å². The maximum atomic E-state index is 12.3. The Morgan fingerprint density at radius 1 is 1.10 bits per heavy atom. The van der Waals surface area contributed by atoms with Crippen LogP contribution in [0.25, 0.3) is 0 Å². The molecule has 1 aliphatic rings. The molecule has 0 saturated carbocycles. The molecular formula is C15H12N2O4. The molecule has 6 nitrogen and oxygen atoms in total. The van der Waals surface area contributed by atoms with Crippen LogP contribution < -0.4 is 5.56 Å². The molecule has 0 fully saturated rings. The summed E-state index contributed by atoms with van der Waals surface area (Å²) in [5.41, 5.74) is 1.85. The first kappa shape index (κ1) is 13.1. The second-order valence-corrected chi connectivity index (χ2v) is 4.88. The zero-order valence-electron chi connectivity index (χ0n) is 11.0. The van der Waals surface area contributed by atoms with Crippen LogP contribution in [0.3, 0.4) is 0 Å². The molecular weight excluding hydrogens is 272 g/mol. The van der Waals surface area contributed by atoms with Crippen LogP contribution in [0.4, 0.5) is 0 Å². The molecule has 0 bridgehead atoms. The van der Waals surface area contributed by atoms with Crippen molar-refractivity contribution >= 4 is 11.9 Å². The van der Waals surface area contributed by atoms with Gasteiger partial charge in [-0.3, -0.25) is 9.59 Å². The van der Waals surface area contributed by atoms with Crippen LogP contribution in [0.2, 0.25) is 0 Å². The summed E-state index contributed by atoms with van der Waals surface area (Å²) in [5.74, 6) is -1.27. The number of rotatable bonds is 2. The number of carboxylic acids is 1. The molecule has 3 rings (SSSR count). The van der Waals surface area contributed by atoms with Gasteiger partial charge in [0.25, 0.3) is 5.91 Å². The molecule has 106 valence electrons. The Balaban J connectivity index is 1.86. The highest BCUT2D eigenvalue weighted by molar-refractivity contribution is 5.93. The maximum absolute atomic E-state index is 12.3. The number of hydrogen-bond acceptors (Lipinski definition) is 3. The summed E-state index contributed by atoms with van der Waals surface area (Å²) in [6, 6.07) is 9.25. The first-order valence-corrected chi connectivity index (χ1v) is 6.38. The van der Waals surface area contributed by atoms with Gasteiger partial charge in [-0.25, -0.2) is 4.79 Å². The van der Waals surface area contributed by atoms with Gasteiger partial charge in [0, 0.05) is 19.2 Å². The van der Waals surface area contributed by atoms with Gasteiger partial charge in [0.2, 0.25) is 5.56 Å². The third-order valence-electron chi connectivity index (χ3n) is 3.46. The van der Waals surface area contributed by atoms with Crippen molar-refractivity contribution < 1.29 is 14.7 Å². The summed E-state index contributed by atoms with van der Waals surface area (Å²) in [7, 11) is 0.